The van der Waals surface area contributed by atoms with E-state index in [1.54, 1.807) is 12.4 Å². The molecule has 22 heavy (non-hydrogen) atoms. The van der Waals surface area contributed by atoms with Crippen LogP contribution in [0.5, 0.6) is 0 Å². The second-order valence-corrected chi connectivity index (χ2v) is 5.34. The maximum Gasteiger partial charge on any atom is 0.227 e. The standard InChI is InChI=1S/C15H19N5O2/c21-13(18-10-12-2-1-7-17-12)3-4-14-19-15(20-22-14)11-5-8-16-9-6-11/h5-6,8-9,12,17H,1-4,7,10H2,(H,18,21). The minimum atomic E-state index is 0.0114. The summed E-state index contributed by atoms with van der Waals surface area (Å²) in [6, 6.07) is 4.04. The van der Waals surface area contributed by atoms with E-state index < -0.39 is 0 Å². The molecule has 1 saturated heterocycles. The van der Waals surface area contributed by atoms with Crippen LogP contribution in [0.15, 0.2) is 29.0 Å². The quantitative estimate of drug-likeness (QED) is 0.824. The van der Waals surface area contributed by atoms with Gasteiger partial charge in [-0.05, 0) is 31.5 Å². The summed E-state index contributed by atoms with van der Waals surface area (Å²) >= 11 is 0. The number of nitrogens with zero attached hydrogens (tertiary/aromatic N) is 3. The Hall–Kier alpha value is -2.28. The molecule has 0 radical (unpaired) electrons. The molecule has 1 aliphatic rings. The maximum atomic E-state index is 11.8. The number of nitrogens with one attached hydrogen (secondary N) is 2. The molecule has 1 amide bonds. The fourth-order valence-corrected chi connectivity index (χ4v) is 2.45. The van der Waals surface area contributed by atoms with Crippen molar-refractivity contribution in [1.82, 2.24) is 25.8 Å². The van der Waals surface area contributed by atoms with Crippen molar-refractivity contribution < 1.29 is 9.32 Å². The fraction of sp³-hybridized carbons (Fsp3) is 0.467. The average molecular weight is 301 g/mol. The van der Waals surface area contributed by atoms with E-state index in [0.717, 1.165) is 18.5 Å². The van der Waals surface area contributed by atoms with Crippen LogP contribution in [-0.2, 0) is 11.2 Å². The first-order chi connectivity index (χ1) is 10.8. The van der Waals surface area contributed by atoms with Gasteiger partial charge in [-0.25, -0.2) is 0 Å². The third-order valence-corrected chi connectivity index (χ3v) is 3.68. The fourth-order valence-electron chi connectivity index (χ4n) is 2.45. The predicted molar refractivity (Wildman–Crippen MR) is 79.9 cm³/mol. The summed E-state index contributed by atoms with van der Waals surface area (Å²) in [6.07, 6.45) is 6.46. The smallest absolute Gasteiger partial charge is 0.227 e. The summed E-state index contributed by atoms with van der Waals surface area (Å²) in [5, 5.41) is 10.2. The summed E-state index contributed by atoms with van der Waals surface area (Å²) in [6.45, 7) is 1.73. The van der Waals surface area contributed by atoms with Gasteiger partial charge in [0.25, 0.3) is 0 Å². The highest BCUT2D eigenvalue weighted by molar-refractivity contribution is 5.76. The Labute approximate surface area is 128 Å². The Morgan fingerprint density at radius 3 is 3.05 bits per heavy atom. The van der Waals surface area contributed by atoms with Gasteiger partial charge in [-0.3, -0.25) is 9.78 Å². The number of aromatic nitrogens is 3. The maximum absolute atomic E-state index is 11.8. The molecular weight excluding hydrogens is 282 g/mol. The Kier molecular flexibility index (Phi) is 4.75. The van der Waals surface area contributed by atoms with Crippen molar-refractivity contribution in [3.8, 4) is 11.4 Å². The predicted octanol–water partition coefficient (Wildman–Crippen LogP) is 0.932. The molecule has 2 aromatic heterocycles. The molecule has 3 heterocycles. The molecule has 1 unspecified atom stereocenters. The molecule has 116 valence electrons. The Morgan fingerprint density at radius 1 is 1.41 bits per heavy atom. The van der Waals surface area contributed by atoms with Crippen molar-refractivity contribution in [3.63, 3.8) is 0 Å². The Morgan fingerprint density at radius 2 is 2.27 bits per heavy atom. The molecule has 0 bridgehead atoms. The molecular formula is C15H19N5O2. The normalized spacial score (nSPS) is 17.5. The van der Waals surface area contributed by atoms with Crippen LogP contribution in [0.25, 0.3) is 11.4 Å². The summed E-state index contributed by atoms with van der Waals surface area (Å²) in [5.74, 6) is 1.01. The van der Waals surface area contributed by atoms with Crippen molar-refractivity contribution in [2.75, 3.05) is 13.1 Å². The zero-order chi connectivity index (χ0) is 15.2. The molecule has 0 aromatic carbocycles. The minimum absolute atomic E-state index is 0.0114. The van der Waals surface area contributed by atoms with E-state index >= 15 is 0 Å². The third kappa shape index (κ3) is 3.88. The van der Waals surface area contributed by atoms with Crippen molar-refractivity contribution in [3.05, 3.63) is 30.4 Å². The van der Waals surface area contributed by atoms with E-state index in [-0.39, 0.29) is 5.91 Å². The van der Waals surface area contributed by atoms with Crippen LogP contribution in [-0.4, -0.2) is 40.2 Å². The molecule has 2 N–H and O–H groups in total. The van der Waals surface area contributed by atoms with Crippen molar-refractivity contribution in [1.29, 1.82) is 0 Å². The molecule has 3 rings (SSSR count). The van der Waals surface area contributed by atoms with Crippen LogP contribution in [0.1, 0.15) is 25.2 Å². The van der Waals surface area contributed by atoms with Crippen LogP contribution in [0.4, 0.5) is 0 Å². The van der Waals surface area contributed by atoms with Crippen molar-refractivity contribution >= 4 is 5.91 Å². The van der Waals surface area contributed by atoms with Gasteiger partial charge in [0.2, 0.25) is 17.6 Å². The van der Waals surface area contributed by atoms with Gasteiger partial charge < -0.3 is 15.2 Å². The second-order valence-electron chi connectivity index (χ2n) is 5.34. The Bertz CT molecular complexity index is 607. The van der Waals surface area contributed by atoms with Crippen molar-refractivity contribution in [2.45, 2.75) is 31.7 Å². The van der Waals surface area contributed by atoms with Crippen LogP contribution >= 0.6 is 0 Å². The van der Waals surface area contributed by atoms with Gasteiger partial charge in [0.1, 0.15) is 0 Å². The van der Waals surface area contributed by atoms with E-state index in [1.807, 2.05) is 12.1 Å². The number of carbonyl (C=O) groups excluding carboxylic acids is 1. The first-order valence-corrected chi connectivity index (χ1v) is 7.54. The van der Waals surface area contributed by atoms with E-state index in [1.165, 1.54) is 6.42 Å². The van der Waals surface area contributed by atoms with Crippen LogP contribution in [0, 0.1) is 0 Å². The number of hydrogen-bond donors (Lipinski definition) is 2. The highest BCUT2D eigenvalue weighted by Gasteiger charge is 2.15. The molecule has 0 spiro atoms. The van der Waals surface area contributed by atoms with Gasteiger partial charge in [-0.2, -0.15) is 4.98 Å². The summed E-state index contributed by atoms with van der Waals surface area (Å²) in [4.78, 5) is 20.1. The number of aryl methyl sites for hydroxylation is 1. The summed E-state index contributed by atoms with van der Waals surface area (Å²) in [7, 11) is 0. The lowest BCUT2D eigenvalue weighted by Crippen LogP contribution is -2.37. The highest BCUT2D eigenvalue weighted by Crippen LogP contribution is 2.14. The lowest BCUT2D eigenvalue weighted by atomic mass is 10.2. The first kappa shape index (κ1) is 14.6. The number of pyridine rings is 1. The number of hydrogen-bond acceptors (Lipinski definition) is 6. The van der Waals surface area contributed by atoms with E-state index in [9.17, 15) is 4.79 Å². The van der Waals surface area contributed by atoms with Gasteiger partial charge >= 0.3 is 0 Å². The van der Waals surface area contributed by atoms with Crippen LogP contribution in [0.2, 0.25) is 0 Å². The lowest BCUT2D eigenvalue weighted by molar-refractivity contribution is -0.121. The zero-order valence-electron chi connectivity index (χ0n) is 12.3. The molecule has 7 heteroatoms. The summed E-state index contributed by atoms with van der Waals surface area (Å²) in [5.41, 5.74) is 0.849. The average Bonchev–Trinajstić information content (AvgIpc) is 3.23. The largest absolute Gasteiger partial charge is 0.355 e. The third-order valence-electron chi connectivity index (χ3n) is 3.68. The molecule has 0 saturated carbocycles. The molecule has 1 fully saturated rings. The van der Waals surface area contributed by atoms with Gasteiger partial charge in [0, 0.05) is 43.4 Å². The van der Waals surface area contributed by atoms with Gasteiger partial charge in [0.15, 0.2) is 0 Å². The Balaban J connectivity index is 1.45. The van der Waals surface area contributed by atoms with Gasteiger partial charge in [-0.1, -0.05) is 5.16 Å². The van der Waals surface area contributed by atoms with Gasteiger partial charge in [-0.15, -0.1) is 0 Å². The molecule has 1 atom stereocenters. The van der Waals surface area contributed by atoms with E-state index in [0.29, 0.717) is 37.1 Å². The van der Waals surface area contributed by atoms with E-state index in [4.69, 9.17) is 4.52 Å². The topological polar surface area (TPSA) is 92.9 Å². The molecule has 0 aliphatic carbocycles. The molecule has 2 aromatic rings. The lowest BCUT2D eigenvalue weighted by Gasteiger charge is -2.10. The minimum Gasteiger partial charge on any atom is -0.355 e. The molecule has 1 aliphatic heterocycles. The number of rotatable bonds is 6. The van der Waals surface area contributed by atoms with Crippen LogP contribution < -0.4 is 10.6 Å². The monoisotopic (exact) mass is 301 g/mol. The summed E-state index contributed by atoms with van der Waals surface area (Å²) < 4.78 is 5.17. The second kappa shape index (κ2) is 7.13. The van der Waals surface area contributed by atoms with E-state index in [2.05, 4.69) is 25.8 Å². The molecule has 7 nitrogen and oxygen atoms in total. The van der Waals surface area contributed by atoms with Crippen molar-refractivity contribution in [2.24, 2.45) is 0 Å². The first-order valence-electron chi connectivity index (χ1n) is 7.54. The van der Waals surface area contributed by atoms with Crippen LogP contribution in [0.3, 0.4) is 0 Å². The zero-order valence-corrected chi connectivity index (χ0v) is 12.3. The number of carbonyl (C=O) groups is 1. The highest BCUT2D eigenvalue weighted by atomic mass is 16.5. The van der Waals surface area contributed by atoms with Gasteiger partial charge in [0.05, 0.1) is 0 Å². The number of amides is 1. The SMILES string of the molecule is O=C(CCc1nc(-c2ccncc2)no1)NCC1CCCN1.